The van der Waals surface area contributed by atoms with E-state index >= 15 is 0 Å². The van der Waals surface area contributed by atoms with Gasteiger partial charge in [-0.3, -0.25) is 9.59 Å². The van der Waals surface area contributed by atoms with Gasteiger partial charge in [-0.2, -0.15) is 4.31 Å². The SMILES string of the molecule is COCCN(CCC(=O)OC)S(=O)(=O)CCC(=O)O. The Morgan fingerprint density at radius 2 is 1.79 bits per heavy atom. The predicted molar refractivity (Wildman–Crippen MR) is 66.1 cm³/mol. The number of ether oxygens (including phenoxy) is 2. The average Bonchev–Trinajstić information content (AvgIpc) is 2.35. The second-order valence-electron chi connectivity index (χ2n) is 3.68. The number of sulfonamides is 1. The van der Waals surface area contributed by atoms with Crippen LogP contribution >= 0.6 is 0 Å². The van der Waals surface area contributed by atoms with Gasteiger partial charge in [-0.25, -0.2) is 8.42 Å². The molecule has 0 saturated heterocycles. The van der Waals surface area contributed by atoms with Crippen molar-refractivity contribution in [2.24, 2.45) is 0 Å². The molecule has 0 aliphatic heterocycles. The van der Waals surface area contributed by atoms with E-state index in [1.165, 1.54) is 14.2 Å². The normalized spacial score (nSPS) is 11.5. The number of aliphatic carboxylic acids is 1. The van der Waals surface area contributed by atoms with Gasteiger partial charge in [0, 0.05) is 20.2 Å². The average molecular weight is 297 g/mol. The van der Waals surface area contributed by atoms with E-state index in [-0.39, 0.29) is 26.1 Å². The fourth-order valence-corrected chi connectivity index (χ4v) is 2.66. The molecule has 0 spiro atoms. The number of esters is 1. The molecule has 19 heavy (non-hydrogen) atoms. The molecule has 0 aromatic heterocycles. The lowest BCUT2D eigenvalue weighted by molar-refractivity contribution is -0.141. The zero-order chi connectivity index (χ0) is 14.9. The van der Waals surface area contributed by atoms with Crippen LogP contribution in [-0.4, -0.2) is 69.4 Å². The van der Waals surface area contributed by atoms with Crippen LogP contribution in [0.1, 0.15) is 12.8 Å². The number of carbonyl (C=O) groups excluding carboxylic acids is 1. The van der Waals surface area contributed by atoms with Crippen LogP contribution in [0.15, 0.2) is 0 Å². The molecule has 0 atom stereocenters. The molecule has 9 heteroatoms. The number of carboxylic acids is 1. The highest BCUT2D eigenvalue weighted by Crippen LogP contribution is 2.05. The topological polar surface area (TPSA) is 110 Å². The van der Waals surface area contributed by atoms with E-state index < -0.39 is 34.1 Å². The van der Waals surface area contributed by atoms with Crippen LogP contribution in [0.5, 0.6) is 0 Å². The fraction of sp³-hybridized carbons (Fsp3) is 0.800. The van der Waals surface area contributed by atoms with Crippen LogP contribution in [0.3, 0.4) is 0 Å². The molecule has 0 aromatic carbocycles. The lowest BCUT2D eigenvalue weighted by atomic mass is 10.4. The second-order valence-corrected chi connectivity index (χ2v) is 5.77. The summed E-state index contributed by atoms with van der Waals surface area (Å²) in [6.45, 7) is 0.168. The Kier molecular flexibility index (Phi) is 8.28. The molecule has 1 N–H and O–H groups in total. The first-order valence-electron chi connectivity index (χ1n) is 5.59. The van der Waals surface area contributed by atoms with Crippen molar-refractivity contribution in [3.63, 3.8) is 0 Å². The Labute approximate surface area is 112 Å². The van der Waals surface area contributed by atoms with Crippen LogP contribution in [0.4, 0.5) is 0 Å². The summed E-state index contributed by atoms with van der Waals surface area (Å²) in [6, 6.07) is 0. The van der Waals surface area contributed by atoms with Gasteiger partial charge in [0.05, 0.1) is 32.3 Å². The van der Waals surface area contributed by atoms with Crippen molar-refractivity contribution in [1.29, 1.82) is 0 Å². The lowest BCUT2D eigenvalue weighted by Crippen LogP contribution is -2.37. The molecule has 0 amide bonds. The van der Waals surface area contributed by atoms with E-state index in [1.54, 1.807) is 0 Å². The van der Waals surface area contributed by atoms with E-state index in [0.717, 1.165) is 4.31 Å². The highest BCUT2D eigenvalue weighted by molar-refractivity contribution is 7.89. The Morgan fingerprint density at radius 1 is 1.16 bits per heavy atom. The summed E-state index contributed by atoms with van der Waals surface area (Å²) in [5, 5.41) is 8.51. The highest BCUT2D eigenvalue weighted by atomic mass is 32.2. The first kappa shape index (κ1) is 17.8. The number of hydrogen-bond acceptors (Lipinski definition) is 6. The summed E-state index contributed by atoms with van der Waals surface area (Å²) in [5.74, 6) is -2.23. The third-order valence-electron chi connectivity index (χ3n) is 2.31. The zero-order valence-electron chi connectivity index (χ0n) is 11.0. The minimum Gasteiger partial charge on any atom is -0.481 e. The Balaban J connectivity index is 4.61. The van der Waals surface area contributed by atoms with Crippen molar-refractivity contribution in [3.05, 3.63) is 0 Å². The van der Waals surface area contributed by atoms with Gasteiger partial charge in [0.1, 0.15) is 0 Å². The van der Waals surface area contributed by atoms with Gasteiger partial charge in [0.15, 0.2) is 0 Å². The van der Waals surface area contributed by atoms with Crippen LogP contribution in [0.25, 0.3) is 0 Å². The van der Waals surface area contributed by atoms with Gasteiger partial charge in [0.25, 0.3) is 0 Å². The largest absolute Gasteiger partial charge is 0.481 e. The van der Waals surface area contributed by atoms with E-state index in [9.17, 15) is 18.0 Å². The van der Waals surface area contributed by atoms with E-state index in [2.05, 4.69) is 4.74 Å². The van der Waals surface area contributed by atoms with Gasteiger partial charge in [-0.15, -0.1) is 0 Å². The lowest BCUT2D eigenvalue weighted by Gasteiger charge is -2.20. The molecule has 0 fully saturated rings. The van der Waals surface area contributed by atoms with Crippen molar-refractivity contribution in [3.8, 4) is 0 Å². The number of carboxylic acid groups (broad SMARTS) is 1. The van der Waals surface area contributed by atoms with Gasteiger partial charge in [-0.05, 0) is 0 Å². The minimum atomic E-state index is -3.73. The number of rotatable bonds is 10. The van der Waals surface area contributed by atoms with Gasteiger partial charge < -0.3 is 14.6 Å². The van der Waals surface area contributed by atoms with Crippen molar-refractivity contribution in [1.82, 2.24) is 4.31 Å². The molecule has 0 saturated carbocycles. The standard InChI is InChI=1S/C10H19NO7S/c1-17-7-6-11(5-3-10(14)18-2)19(15,16)8-4-9(12)13/h3-8H2,1-2H3,(H,12,13). The zero-order valence-corrected chi connectivity index (χ0v) is 11.8. The third-order valence-corrected chi connectivity index (χ3v) is 4.18. The summed E-state index contributed by atoms with van der Waals surface area (Å²) in [4.78, 5) is 21.4. The summed E-state index contributed by atoms with van der Waals surface area (Å²) >= 11 is 0. The van der Waals surface area contributed by atoms with Crippen LogP contribution in [0.2, 0.25) is 0 Å². The van der Waals surface area contributed by atoms with Crippen LogP contribution in [0, 0.1) is 0 Å². The molecule has 0 aliphatic carbocycles. The van der Waals surface area contributed by atoms with Gasteiger partial charge in [-0.1, -0.05) is 0 Å². The number of carbonyl (C=O) groups is 2. The van der Waals surface area contributed by atoms with Crippen molar-refractivity contribution >= 4 is 22.0 Å². The molecular formula is C10H19NO7S. The molecule has 0 rings (SSSR count). The maximum atomic E-state index is 11.9. The molecule has 0 unspecified atom stereocenters. The van der Waals surface area contributed by atoms with Crippen molar-refractivity contribution in [2.45, 2.75) is 12.8 Å². The monoisotopic (exact) mass is 297 g/mol. The quantitative estimate of drug-likeness (QED) is 0.531. The first-order valence-corrected chi connectivity index (χ1v) is 7.19. The summed E-state index contributed by atoms with van der Waals surface area (Å²) in [5.41, 5.74) is 0. The number of methoxy groups -OCH3 is 2. The highest BCUT2D eigenvalue weighted by Gasteiger charge is 2.23. The molecule has 112 valence electrons. The third kappa shape index (κ3) is 7.75. The summed E-state index contributed by atoms with van der Waals surface area (Å²) in [7, 11) is -1.10. The van der Waals surface area contributed by atoms with Crippen LogP contribution in [-0.2, 0) is 29.1 Å². The van der Waals surface area contributed by atoms with Gasteiger partial charge in [0.2, 0.25) is 10.0 Å². The van der Waals surface area contributed by atoms with Crippen molar-refractivity contribution in [2.75, 3.05) is 39.7 Å². The summed E-state index contributed by atoms with van der Waals surface area (Å²) in [6.07, 6.45) is -0.573. The molecular weight excluding hydrogens is 278 g/mol. The van der Waals surface area contributed by atoms with E-state index in [4.69, 9.17) is 9.84 Å². The molecule has 0 aliphatic rings. The van der Waals surface area contributed by atoms with E-state index in [0.29, 0.717) is 0 Å². The first-order chi connectivity index (χ1) is 8.83. The van der Waals surface area contributed by atoms with E-state index in [1.807, 2.05) is 0 Å². The predicted octanol–water partition coefficient (Wildman–Crippen LogP) is -0.698. The fourth-order valence-electron chi connectivity index (χ4n) is 1.25. The molecule has 8 nitrogen and oxygen atoms in total. The Morgan fingerprint density at radius 3 is 2.26 bits per heavy atom. The maximum absolute atomic E-state index is 11.9. The Bertz CT molecular complexity index is 393. The molecule has 0 radical (unpaired) electrons. The van der Waals surface area contributed by atoms with Crippen LogP contribution < -0.4 is 0 Å². The summed E-state index contributed by atoms with van der Waals surface area (Å²) < 4.78 is 34.0. The molecule has 0 heterocycles. The smallest absolute Gasteiger partial charge is 0.306 e. The minimum absolute atomic E-state index is 0.0576. The Hall–Kier alpha value is -1.19. The molecule has 0 aromatic rings. The number of hydrogen-bond donors (Lipinski definition) is 1. The van der Waals surface area contributed by atoms with Gasteiger partial charge >= 0.3 is 11.9 Å². The van der Waals surface area contributed by atoms with Crippen molar-refractivity contribution < 1.29 is 32.6 Å². The number of nitrogens with zero attached hydrogens (tertiary/aromatic N) is 1. The molecule has 0 bridgehead atoms. The maximum Gasteiger partial charge on any atom is 0.306 e. The second kappa shape index (κ2) is 8.83.